The third-order valence-electron chi connectivity index (χ3n) is 4.10. The molecule has 1 aliphatic rings. The summed E-state index contributed by atoms with van der Waals surface area (Å²) < 4.78 is 45.7. The van der Waals surface area contributed by atoms with Crippen molar-refractivity contribution in [2.45, 2.75) is 45.8 Å². The Labute approximate surface area is 139 Å². The van der Waals surface area contributed by atoms with Crippen molar-refractivity contribution in [2.75, 3.05) is 13.2 Å². The average Bonchev–Trinajstić information content (AvgIpc) is 2.72. The molecular weight excluding hydrogens is 321 g/mol. The minimum atomic E-state index is -4.41. The first kappa shape index (κ1) is 18.6. The van der Waals surface area contributed by atoms with E-state index < -0.39 is 17.6 Å². The predicted molar refractivity (Wildman–Crippen MR) is 84.4 cm³/mol. The van der Waals surface area contributed by atoms with Crippen molar-refractivity contribution in [3.8, 4) is 5.75 Å². The molecule has 1 aliphatic heterocycles. The molecular formula is C17H23F3N2O2. The summed E-state index contributed by atoms with van der Waals surface area (Å²) >= 11 is 0. The summed E-state index contributed by atoms with van der Waals surface area (Å²) in [6.07, 6.45) is -4.29. The largest absolute Gasteiger partial charge is 0.494 e. The predicted octanol–water partition coefficient (Wildman–Crippen LogP) is 3.32. The number of nitrogens with zero attached hydrogens (tertiary/aromatic N) is 1. The molecule has 1 aromatic carbocycles. The van der Waals surface area contributed by atoms with E-state index in [1.165, 1.54) is 0 Å². The van der Waals surface area contributed by atoms with Crippen molar-refractivity contribution in [3.63, 3.8) is 0 Å². The van der Waals surface area contributed by atoms with Crippen LogP contribution >= 0.6 is 0 Å². The second-order valence-corrected chi connectivity index (χ2v) is 6.63. The van der Waals surface area contributed by atoms with Crippen LogP contribution in [0.25, 0.3) is 0 Å². The maximum Gasteiger partial charge on any atom is 0.405 e. The molecule has 1 aromatic rings. The standard InChI is InChI=1S/C17H23F3N2O2/c1-4-24-13-7-5-6-12(10-13)8-9-14(17(18,19)20)22-11-16(2,3)15(23)21-22/h5-7,10,14H,4,8-9,11H2,1-3H3,(H,21,23). The molecule has 1 N–H and O–H groups in total. The topological polar surface area (TPSA) is 41.6 Å². The molecule has 0 bridgehead atoms. The molecule has 1 unspecified atom stereocenters. The maximum atomic E-state index is 13.4. The van der Waals surface area contributed by atoms with Gasteiger partial charge in [0, 0.05) is 6.54 Å². The lowest BCUT2D eigenvalue weighted by molar-refractivity contribution is -0.190. The Morgan fingerprint density at radius 1 is 1.38 bits per heavy atom. The summed E-state index contributed by atoms with van der Waals surface area (Å²) in [4.78, 5) is 11.8. The molecule has 4 nitrogen and oxygen atoms in total. The molecule has 2 rings (SSSR count). The van der Waals surface area contributed by atoms with Gasteiger partial charge in [0.15, 0.2) is 0 Å². The number of ether oxygens (including phenoxy) is 1. The number of amides is 1. The fourth-order valence-corrected chi connectivity index (χ4v) is 2.76. The fraction of sp³-hybridized carbons (Fsp3) is 0.588. The minimum Gasteiger partial charge on any atom is -0.494 e. The summed E-state index contributed by atoms with van der Waals surface area (Å²) in [5, 5.41) is 1.02. The molecule has 134 valence electrons. The molecule has 1 saturated heterocycles. The molecule has 1 amide bonds. The van der Waals surface area contributed by atoms with Crippen LogP contribution in [0, 0.1) is 5.41 Å². The van der Waals surface area contributed by atoms with Gasteiger partial charge in [0.25, 0.3) is 0 Å². The van der Waals surface area contributed by atoms with Crippen molar-refractivity contribution >= 4 is 5.91 Å². The van der Waals surface area contributed by atoms with E-state index in [-0.39, 0.29) is 25.3 Å². The lowest BCUT2D eigenvalue weighted by atomic mass is 9.94. The van der Waals surface area contributed by atoms with E-state index in [1.807, 2.05) is 6.92 Å². The molecule has 0 saturated carbocycles. The summed E-state index contributed by atoms with van der Waals surface area (Å²) in [5.41, 5.74) is 2.33. The highest BCUT2D eigenvalue weighted by Crippen LogP contribution is 2.33. The minimum absolute atomic E-state index is 0.0367. The van der Waals surface area contributed by atoms with Crippen molar-refractivity contribution in [1.82, 2.24) is 10.4 Å². The van der Waals surface area contributed by atoms with E-state index in [1.54, 1.807) is 38.1 Å². The summed E-state index contributed by atoms with van der Waals surface area (Å²) in [6, 6.07) is 5.37. The highest BCUT2D eigenvalue weighted by Gasteiger charge is 2.49. The average molecular weight is 344 g/mol. The molecule has 24 heavy (non-hydrogen) atoms. The molecule has 7 heteroatoms. The first-order valence-electron chi connectivity index (χ1n) is 7.99. The molecule has 1 heterocycles. The monoisotopic (exact) mass is 344 g/mol. The van der Waals surface area contributed by atoms with Crippen LogP contribution in [0.15, 0.2) is 24.3 Å². The van der Waals surface area contributed by atoms with E-state index in [2.05, 4.69) is 5.43 Å². The molecule has 0 aromatic heterocycles. The van der Waals surface area contributed by atoms with Gasteiger partial charge in [-0.25, -0.2) is 5.01 Å². The quantitative estimate of drug-likeness (QED) is 0.861. The third kappa shape index (κ3) is 4.41. The molecule has 1 fully saturated rings. The highest BCUT2D eigenvalue weighted by molar-refractivity contribution is 5.83. The number of hydrazine groups is 1. The van der Waals surface area contributed by atoms with Crippen molar-refractivity contribution in [2.24, 2.45) is 5.41 Å². The van der Waals surface area contributed by atoms with Gasteiger partial charge >= 0.3 is 6.18 Å². The molecule has 0 aliphatic carbocycles. The number of rotatable bonds is 6. The van der Waals surface area contributed by atoms with Crippen molar-refractivity contribution < 1.29 is 22.7 Å². The van der Waals surface area contributed by atoms with Gasteiger partial charge in [0.1, 0.15) is 11.8 Å². The van der Waals surface area contributed by atoms with Crippen LogP contribution in [0.3, 0.4) is 0 Å². The zero-order valence-corrected chi connectivity index (χ0v) is 14.1. The van der Waals surface area contributed by atoms with Crippen LogP contribution in [0.1, 0.15) is 32.8 Å². The fourth-order valence-electron chi connectivity index (χ4n) is 2.76. The first-order valence-corrected chi connectivity index (χ1v) is 7.99. The van der Waals surface area contributed by atoms with E-state index in [4.69, 9.17) is 4.74 Å². The van der Waals surface area contributed by atoms with E-state index in [0.29, 0.717) is 12.4 Å². The Kier molecular flexibility index (Phi) is 5.42. The lowest BCUT2D eigenvalue weighted by Gasteiger charge is -2.29. The van der Waals surface area contributed by atoms with Crippen molar-refractivity contribution in [3.05, 3.63) is 29.8 Å². The van der Waals surface area contributed by atoms with Crippen molar-refractivity contribution in [1.29, 1.82) is 0 Å². The Morgan fingerprint density at radius 3 is 2.62 bits per heavy atom. The number of alkyl halides is 3. The van der Waals surface area contributed by atoms with Crippen LogP contribution in [0.2, 0.25) is 0 Å². The lowest BCUT2D eigenvalue weighted by Crippen LogP contribution is -2.50. The summed E-state index contributed by atoms with van der Waals surface area (Å²) in [7, 11) is 0. The summed E-state index contributed by atoms with van der Waals surface area (Å²) in [5.74, 6) is 0.268. The number of carbonyl (C=O) groups excluding carboxylic acids is 1. The molecule has 1 atom stereocenters. The van der Waals surface area contributed by atoms with Crippen LogP contribution in [0.5, 0.6) is 5.75 Å². The zero-order valence-electron chi connectivity index (χ0n) is 14.1. The van der Waals surface area contributed by atoms with Gasteiger partial charge in [-0.15, -0.1) is 0 Å². The van der Waals surface area contributed by atoms with E-state index >= 15 is 0 Å². The van der Waals surface area contributed by atoms with Crippen LogP contribution < -0.4 is 10.2 Å². The normalized spacial score (nSPS) is 19.2. The number of carbonyl (C=O) groups is 1. The maximum absolute atomic E-state index is 13.4. The van der Waals surface area contributed by atoms with Gasteiger partial charge in [0.2, 0.25) is 5.91 Å². The van der Waals surface area contributed by atoms with Crippen LogP contribution in [0.4, 0.5) is 13.2 Å². The van der Waals surface area contributed by atoms with Gasteiger partial charge in [-0.05, 0) is 51.3 Å². The van der Waals surface area contributed by atoms with E-state index in [9.17, 15) is 18.0 Å². The highest BCUT2D eigenvalue weighted by atomic mass is 19.4. The second kappa shape index (κ2) is 7.01. The van der Waals surface area contributed by atoms with Crippen LogP contribution in [-0.2, 0) is 11.2 Å². The SMILES string of the molecule is CCOc1cccc(CCC(N2CC(C)(C)C(=O)N2)C(F)(F)F)c1. The third-order valence-corrected chi connectivity index (χ3v) is 4.10. The zero-order chi connectivity index (χ0) is 18.0. The Bertz CT molecular complexity index is 587. The Hall–Kier alpha value is -1.76. The number of nitrogens with one attached hydrogen (secondary N) is 1. The second-order valence-electron chi connectivity index (χ2n) is 6.63. The van der Waals surface area contributed by atoms with E-state index in [0.717, 1.165) is 10.6 Å². The van der Waals surface area contributed by atoms with Gasteiger partial charge in [-0.1, -0.05) is 12.1 Å². The number of hydrogen-bond donors (Lipinski definition) is 1. The smallest absolute Gasteiger partial charge is 0.405 e. The Balaban J connectivity index is 2.08. The first-order chi connectivity index (χ1) is 11.1. The number of benzene rings is 1. The van der Waals surface area contributed by atoms with Gasteiger partial charge in [-0.2, -0.15) is 13.2 Å². The Morgan fingerprint density at radius 2 is 2.08 bits per heavy atom. The molecule has 0 radical (unpaired) electrons. The van der Waals surface area contributed by atoms with Gasteiger partial charge in [0.05, 0.1) is 12.0 Å². The number of aryl methyl sites for hydroxylation is 1. The number of hydrogen-bond acceptors (Lipinski definition) is 3. The summed E-state index contributed by atoms with van der Waals surface area (Å²) in [6.45, 7) is 5.67. The molecule has 0 spiro atoms. The van der Waals surface area contributed by atoms with Gasteiger partial charge < -0.3 is 4.74 Å². The van der Waals surface area contributed by atoms with Gasteiger partial charge in [-0.3, -0.25) is 10.2 Å². The number of halogens is 3. The van der Waals surface area contributed by atoms with Crippen LogP contribution in [-0.4, -0.2) is 36.3 Å².